The molecule has 2 aromatic heterocycles. The Labute approximate surface area is 174 Å². The lowest BCUT2D eigenvalue weighted by molar-refractivity contribution is 0.311. The molecule has 0 spiro atoms. The van der Waals surface area contributed by atoms with E-state index in [-0.39, 0.29) is 5.82 Å². The van der Waals surface area contributed by atoms with E-state index in [0.717, 1.165) is 48.5 Å². The lowest BCUT2D eigenvalue weighted by atomic mass is 10.1. The summed E-state index contributed by atoms with van der Waals surface area (Å²) >= 11 is 0. The first-order valence-electron chi connectivity index (χ1n) is 10.1. The number of nitrogens with one attached hydrogen (secondary N) is 2. The maximum atomic E-state index is 14.8. The smallest absolute Gasteiger partial charge is 0.229 e. The molecule has 0 atom stereocenters. The highest BCUT2D eigenvalue weighted by atomic mass is 19.1. The van der Waals surface area contributed by atoms with Gasteiger partial charge in [-0.05, 0) is 31.3 Å². The SMILES string of the molecule is CN1CCN(c2ccc(Nc3nc(-c4ccccc4)c4cc[nH]c4n3)cc2F)CC1. The van der Waals surface area contributed by atoms with Gasteiger partial charge in [0.25, 0.3) is 0 Å². The molecule has 0 amide bonds. The highest BCUT2D eigenvalue weighted by molar-refractivity contribution is 5.91. The van der Waals surface area contributed by atoms with Gasteiger partial charge < -0.3 is 20.1 Å². The van der Waals surface area contributed by atoms with Crippen molar-refractivity contribution in [2.75, 3.05) is 43.4 Å². The number of aromatic nitrogens is 3. The number of fused-ring (bicyclic) bond motifs is 1. The van der Waals surface area contributed by atoms with Gasteiger partial charge in [0.1, 0.15) is 11.5 Å². The van der Waals surface area contributed by atoms with Crippen LogP contribution < -0.4 is 10.2 Å². The van der Waals surface area contributed by atoms with E-state index in [1.165, 1.54) is 6.07 Å². The Bertz CT molecular complexity index is 1170. The van der Waals surface area contributed by atoms with Crippen molar-refractivity contribution in [1.82, 2.24) is 19.9 Å². The zero-order valence-electron chi connectivity index (χ0n) is 16.8. The summed E-state index contributed by atoms with van der Waals surface area (Å²) in [4.78, 5) is 16.8. The Morgan fingerprint density at radius 1 is 0.967 bits per heavy atom. The molecule has 0 unspecified atom stereocenters. The molecule has 7 heteroatoms. The summed E-state index contributed by atoms with van der Waals surface area (Å²) in [7, 11) is 2.09. The van der Waals surface area contributed by atoms with Gasteiger partial charge in [0.2, 0.25) is 5.95 Å². The van der Waals surface area contributed by atoms with Crippen molar-refractivity contribution in [2.45, 2.75) is 0 Å². The van der Waals surface area contributed by atoms with E-state index in [0.29, 0.717) is 17.3 Å². The molecule has 2 aromatic carbocycles. The minimum Gasteiger partial charge on any atom is -0.367 e. The Morgan fingerprint density at radius 3 is 2.53 bits per heavy atom. The second-order valence-electron chi connectivity index (χ2n) is 7.58. The summed E-state index contributed by atoms with van der Waals surface area (Å²) in [6.45, 7) is 3.53. The van der Waals surface area contributed by atoms with Gasteiger partial charge in [0, 0.05) is 49.0 Å². The van der Waals surface area contributed by atoms with Gasteiger partial charge >= 0.3 is 0 Å². The monoisotopic (exact) mass is 402 g/mol. The zero-order chi connectivity index (χ0) is 20.5. The normalized spacial score (nSPS) is 14.9. The minimum absolute atomic E-state index is 0.242. The van der Waals surface area contributed by atoms with Crippen LogP contribution in [0.5, 0.6) is 0 Å². The number of aromatic amines is 1. The van der Waals surface area contributed by atoms with Gasteiger partial charge in [-0.15, -0.1) is 0 Å². The van der Waals surface area contributed by atoms with Crippen LogP contribution in [0.4, 0.5) is 21.7 Å². The van der Waals surface area contributed by atoms with Crippen LogP contribution in [-0.2, 0) is 0 Å². The Kier molecular flexibility index (Phi) is 4.80. The van der Waals surface area contributed by atoms with Gasteiger partial charge in [0.15, 0.2) is 0 Å². The van der Waals surface area contributed by atoms with Crippen LogP contribution in [0.3, 0.4) is 0 Å². The first-order valence-corrected chi connectivity index (χ1v) is 10.1. The molecular weight excluding hydrogens is 379 g/mol. The Hall–Kier alpha value is -3.45. The van der Waals surface area contributed by atoms with Gasteiger partial charge in [0.05, 0.1) is 11.4 Å². The molecule has 0 aliphatic carbocycles. The van der Waals surface area contributed by atoms with Gasteiger partial charge in [-0.2, -0.15) is 4.98 Å². The number of rotatable bonds is 4. The molecule has 0 saturated carbocycles. The summed E-state index contributed by atoms with van der Waals surface area (Å²) in [5.41, 5.74) is 3.83. The number of halogens is 1. The molecule has 1 saturated heterocycles. The largest absolute Gasteiger partial charge is 0.367 e. The quantitative estimate of drug-likeness (QED) is 0.534. The van der Waals surface area contributed by atoms with Crippen molar-refractivity contribution in [1.29, 1.82) is 0 Å². The fraction of sp³-hybridized carbons (Fsp3) is 0.217. The highest BCUT2D eigenvalue weighted by Crippen LogP contribution is 2.29. The van der Waals surface area contributed by atoms with Crippen LogP contribution in [0.15, 0.2) is 60.8 Å². The van der Waals surface area contributed by atoms with Crippen molar-refractivity contribution in [3.05, 3.63) is 66.6 Å². The lowest BCUT2D eigenvalue weighted by Gasteiger charge is -2.34. The zero-order valence-corrected chi connectivity index (χ0v) is 16.8. The average Bonchev–Trinajstić information content (AvgIpc) is 3.23. The summed E-state index contributed by atoms with van der Waals surface area (Å²) in [6.07, 6.45) is 1.85. The summed E-state index contributed by atoms with van der Waals surface area (Å²) in [6, 6.07) is 17.2. The predicted molar refractivity (Wildman–Crippen MR) is 119 cm³/mol. The molecule has 6 nitrogen and oxygen atoms in total. The van der Waals surface area contributed by atoms with Crippen molar-refractivity contribution in [3.8, 4) is 11.3 Å². The molecule has 1 aliphatic heterocycles. The number of piperazine rings is 1. The Morgan fingerprint density at radius 2 is 1.77 bits per heavy atom. The van der Waals surface area contributed by atoms with Gasteiger partial charge in [-0.25, -0.2) is 9.37 Å². The lowest BCUT2D eigenvalue weighted by Crippen LogP contribution is -2.44. The van der Waals surface area contributed by atoms with Crippen LogP contribution in [0.25, 0.3) is 22.3 Å². The number of anilines is 3. The van der Waals surface area contributed by atoms with Gasteiger partial charge in [-0.1, -0.05) is 30.3 Å². The predicted octanol–water partition coefficient (Wildman–Crippen LogP) is 4.26. The maximum absolute atomic E-state index is 14.8. The molecule has 0 bridgehead atoms. The van der Waals surface area contributed by atoms with E-state index in [1.807, 2.05) is 54.7 Å². The third-order valence-corrected chi connectivity index (χ3v) is 5.51. The van der Waals surface area contributed by atoms with E-state index in [1.54, 1.807) is 0 Å². The molecule has 4 aromatic rings. The number of benzene rings is 2. The van der Waals surface area contributed by atoms with E-state index in [9.17, 15) is 4.39 Å². The average molecular weight is 402 g/mol. The van der Waals surface area contributed by atoms with Crippen LogP contribution in [0, 0.1) is 5.82 Å². The number of H-pyrrole nitrogens is 1. The second-order valence-corrected chi connectivity index (χ2v) is 7.58. The van der Waals surface area contributed by atoms with Crippen molar-refractivity contribution in [2.24, 2.45) is 0 Å². The number of likely N-dealkylation sites (N-methyl/N-ethyl adjacent to an activating group) is 1. The summed E-state index contributed by atoms with van der Waals surface area (Å²) in [5, 5.41) is 4.11. The van der Waals surface area contributed by atoms with Crippen molar-refractivity contribution < 1.29 is 4.39 Å². The number of hydrogen-bond acceptors (Lipinski definition) is 5. The molecule has 1 aliphatic rings. The molecular formula is C23H23FN6. The maximum Gasteiger partial charge on any atom is 0.229 e. The first kappa shape index (κ1) is 18.6. The summed E-state index contributed by atoms with van der Waals surface area (Å²) in [5.74, 6) is 0.185. The molecule has 3 heterocycles. The van der Waals surface area contributed by atoms with E-state index in [2.05, 4.69) is 32.1 Å². The van der Waals surface area contributed by atoms with Crippen LogP contribution >= 0.6 is 0 Å². The second kappa shape index (κ2) is 7.76. The standard InChI is InChI=1S/C23H23FN6/c1-29-11-13-30(14-12-29)20-8-7-17(15-19(20)24)26-23-27-21(16-5-3-2-4-6-16)18-9-10-25-22(18)28-23/h2-10,15H,11-14H2,1H3,(H2,25,26,27,28). The molecule has 1 fully saturated rings. The molecule has 152 valence electrons. The summed E-state index contributed by atoms with van der Waals surface area (Å²) < 4.78 is 14.8. The van der Waals surface area contributed by atoms with Crippen LogP contribution in [0.1, 0.15) is 0 Å². The van der Waals surface area contributed by atoms with Crippen LogP contribution in [-0.4, -0.2) is 53.1 Å². The third-order valence-electron chi connectivity index (χ3n) is 5.51. The minimum atomic E-state index is -0.242. The molecule has 5 rings (SSSR count). The Balaban J connectivity index is 1.44. The third kappa shape index (κ3) is 3.59. The van der Waals surface area contributed by atoms with Crippen molar-refractivity contribution >= 4 is 28.4 Å². The van der Waals surface area contributed by atoms with Crippen molar-refractivity contribution in [3.63, 3.8) is 0 Å². The highest BCUT2D eigenvalue weighted by Gasteiger charge is 2.18. The number of nitrogens with zero attached hydrogens (tertiary/aromatic N) is 4. The van der Waals surface area contributed by atoms with E-state index >= 15 is 0 Å². The van der Waals surface area contributed by atoms with Gasteiger partial charge in [-0.3, -0.25) is 0 Å². The van der Waals surface area contributed by atoms with E-state index < -0.39 is 0 Å². The molecule has 30 heavy (non-hydrogen) atoms. The van der Waals surface area contributed by atoms with Crippen LogP contribution in [0.2, 0.25) is 0 Å². The fourth-order valence-corrected chi connectivity index (χ4v) is 3.83. The molecule has 2 N–H and O–H groups in total. The van der Waals surface area contributed by atoms with E-state index in [4.69, 9.17) is 4.98 Å². The topological polar surface area (TPSA) is 60.1 Å². The number of hydrogen-bond donors (Lipinski definition) is 2. The first-order chi connectivity index (χ1) is 14.7. The fourth-order valence-electron chi connectivity index (χ4n) is 3.83. The molecule has 0 radical (unpaired) electrons.